The zero-order valence-corrected chi connectivity index (χ0v) is 10.4. The number of hydrogen-bond acceptors (Lipinski definition) is 2. The standard InChI is InChI=1S/C13H23NO2/c1-3-7-12(13(15)16)10(2)14-11-8-5-4-6-9-11/h11-12H,3-9H2,1-2H3,(H,15,16)/b14-10-. The molecule has 16 heavy (non-hydrogen) atoms. The predicted molar refractivity (Wildman–Crippen MR) is 66.0 cm³/mol. The minimum atomic E-state index is -0.723. The van der Waals surface area contributed by atoms with Gasteiger partial charge in [0.25, 0.3) is 0 Å². The average Bonchev–Trinajstić information content (AvgIpc) is 2.26. The maximum atomic E-state index is 11.1. The number of carboxylic acid groups (broad SMARTS) is 1. The lowest BCUT2D eigenvalue weighted by Gasteiger charge is -2.20. The Hall–Kier alpha value is -0.860. The van der Waals surface area contributed by atoms with E-state index < -0.39 is 5.97 Å². The van der Waals surface area contributed by atoms with Crippen LogP contribution in [-0.2, 0) is 4.79 Å². The van der Waals surface area contributed by atoms with Gasteiger partial charge in [-0.15, -0.1) is 0 Å². The molecule has 1 N–H and O–H groups in total. The summed E-state index contributed by atoms with van der Waals surface area (Å²) in [6, 6.07) is 0.382. The highest BCUT2D eigenvalue weighted by Crippen LogP contribution is 2.21. The smallest absolute Gasteiger partial charge is 0.312 e. The van der Waals surface area contributed by atoms with Gasteiger partial charge in [0.05, 0.1) is 5.92 Å². The van der Waals surface area contributed by atoms with Crippen LogP contribution in [0.4, 0.5) is 0 Å². The van der Waals surface area contributed by atoms with E-state index in [0.29, 0.717) is 12.5 Å². The number of carboxylic acids is 1. The van der Waals surface area contributed by atoms with Crippen LogP contribution in [0.1, 0.15) is 58.8 Å². The van der Waals surface area contributed by atoms with Gasteiger partial charge in [-0.25, -0.2) is 0 Å². The van der Waals surface area contributed by atoms with Crippen molar-refractivity contribution < 1.29 is 9.90 Å². The molecule has 0 amide bonds. The normalized spacial score (nSPS) is 20.8. The molecule has 0 aliphatic heterocycles. The lowest BCUT2D eigenvalue weighted by molar-refractivity contribution is -0.139. The number of carbonyl (C=O) groups is 1. The number of aliphatic carboxylic acids is 1. The van der Waals surface area contributed by atoms with Gasteiger partial charge in [-0.1, -0.05) is 32.6 Å². The molecule has 0 saturated heterocycles. The van der Waals surface area contributed by atoms with Gasteiger partial charge < -0.3 is 5.11 Å². The molecule has 1 aliphatic rings. The first kappa shape index (κ1) is 13.2. The Kier molecular flexibility index (Phi) is 5.50. The van der Waals surface area contributed by atoms with Gasteiger partial charge in [0, 0.05) is 11.8 Å². The fourth-order valence-corrected chi connectivity index (χ4v) is 2.39. The molecule has 0 radical (unpaired) electrons. The van der Waals surface area contributed by atoms with Crippen molar-refractivity contribution in [1.29, 1.82) is 0 Å². The van der Waals surface area contributed by atoms with Gasteiger partial charge in [0.15, 0.2) is 0 Å². The Labute approximate surface area is 98.0 Å². The monoisotopic (exact) mass is 225 g/mol. The Morgan fingerprint density at radius 3 is 2.50 bits per heavy atom. The van der Waals surface area contributed by atoms with Crippen molar-refractivity contribution in [1.82, 2.24) is 0 Å². The van der Waals surface area contributed by atoms with Crippen molar-refractivity contribution in [2.45, 2.75) is 64.8 Å². The minimum absolute atomic E-state index is 0.369. The van der Waals surface area contributed by atoms with Gasteiger partial charge in [0.1, 0.15) is 0 Å². The molecule has 1 fully saturated rings. The minimum Gasteiger partial charge on any atom is -0.481 e. The van der Waals surface area contributed by atoms with Crippen LogP contribution in [0.25, 0.3) is 0 Å². The van der Waals surface area contributed by atoms with E-state index >= 15 is 0 Å². The summed E-state index contributed by atoms with van der Waals surface area (Å²) in [5.74, 6) is -1.09. The second kappa shape index (κ2) is 6.66. The first-order valence-electron chi connectivity index (χ1n) is 6.42. The van der Waals surface area contributed by atoms with Gasteiger partial charge >= 0.3 is 5.97 Å². The number of rotatable bonds is 5. The average molecular weight is 225 g/mol. The third-order valence-corrected chi connectivity index (χ3v) is 3.34. The summed E-state index contributed by atoms with van der Waals surface area (Å²) >= 11 is 0. The van der Waals surface area contributed by atoms with Gasteiger partial charge in [-0.05, 0) is 26.2 Å². The second-order valence-corrected chi connectivity index (χ2v) is 4.74. The van der Waals surface area contributed by atoms with E-state index in [4.69, 9.17) is 5.11 Å². The van der Waals surface area contributed by atoms with E-state index in [9.17, 15) is 4.79 Å². The van der Waals surface area contributed by atoms with E-state index in [-0.39, 0.29) is 5.92 Å². The second-order valence-electron chi connectivity index (χ2n) is 4.74. The highest BCUT2D eigenvalue weighted by atomic mass is 16.4. The Morgan fingerprint density at radius 1 is 1.38 bits per heavy atom. The largest absolute Gasteiger partial charge is 0.481 e. The Balaban J connectivity index is 2.60. The molecule has 1 saturated carbocycles. The van der Waals surface area contributed by atoms with Crippen molar-refractivity contribution in [2.24, 2.45) is 10.9 Å². The molecule has 0 aromatic heterocycles. The zero-order valence-electron chi connectivity index (χ0n) is 10.4. The molecule has 1 unspecified atom stereocenters. The van der Waals surface area contributed by atoms with Crippen LogP contribution in [0.2, 0.25) is 0 Å². The molecule has 0 aromatic carbocycles. The van der Waals surface area contributed by atoms with Crippen LogP contribution in [0.3, 0.4) is 0 Å². The first-order valence-corrected chi connectivity index (χ1v) is 6.42. The van der Waals surface area contributed by atoms with Crippen molar-refractivity contribution in [3.8, 4) is 0 Å². The van der Waals surface area contributed by atoms with E-state index in [2.05, 4.69) is 4.99 Å². The topological polar surface area (TPSA) is 49.7 Å². The highest BCUT2D eigenvalue weighted by Gasteiger charge is 2.21. The molecule has 3 nitrogen and oxygen atoms in total. The summed E-state index contributed by atoms with van der Waals surface area (Å²) in [5.41, 5.74) is 0.821. The van der Waals surface area contributed by atoms with E-state index in [0.717, 1.165) is 25.0 Å². The first-order chi connectivity index (χ1) is 7.65. The Morgan fingerprint density at radius 2 is 2.00 bits per heavy atom. The van der Waals surface area contributed by atoms with Crippen LogP contribution in [0.15, 0.2) is 4.99 Å². The maximum absolute atomic E-state index is 11.1. The lowest BCUT2D eigenvalue weighted by atomic mass is 9.94. The molecule has 0 spiro atoms. The molecule has 0 bridgehead atoms. The summed E-state index contributed by atoms with van der Waals surface area (Å²) in [7, 11) is 0. The fraction of sp³-hybridized carbons (Fsp3) is 0.846. The molecule has 0 aromatic rings. The molecule has 0 heterocycles. The van der Waals surface area contributed by atoms with E-state index in [1.807, 2.05) is 13.8 Å². The summed E-state index contributed by atoms with van der Waals surface area (Å²) in [5, 5.41) is 9.12. The van der Waals surface area contributed by atoms with Crippen LogP contribution in [0, 0.1) is 5.92 Å². The molecular weight excluding hydrogens is 202 g/mol. The molecule has 3 heteroatoms. The van der Waals surface area contributed by atoms with Crippen molar-refractivity contribution in [2.75, 3.05) is 0 Å². The van der Waals surface area contributed by atoms with E-state index in [1.165, 1.54) is 19.3 Å². The SMILES string of the molecule is CCCC(C(=O)O)/C(C)=N\C1CCCCC1. The summed E-state index contributed by atoms with van der Waals surface area (Å²) < 4.78 is 0. The van der Waals surface area contributed by atoms with Crippen molar-refractivity contribution in [3.05, 3.63) is 0 Å². The quantitative estimate of drug-likeness (QED) is 0.730. The summed E-state index contributed by atoms with van der Waals surface area (Å²) in [6.45, 7) is 3.90. The van der Waals surface area contributed by atoms with Crippen molar-refractivity contribution >= 4 is 11.7 Å². The summed E-state index contributed by atoms with van der Waals surface area (Å²) in [6.07, 6.45) is 7.67. The third-order valence-electron chi connectivity index (χ3n) is 3.34. The summed E-state index contributed by atoms with van der Waals surface area (Å²) in [4.78, 5) is 15.7. The number of hydrogen-bond donors (Lipinski definition) is 1. The maximum Gasteiger partial charge on any atom is 0.312 e. The third kappa shape index (κ3) is 3.95. The number of aliphatic imine (C=N–C) groups is 1. The van der Waals surface area contributed by atoms with Crippen LogP contribution >= 0.6 is 0 Å². The van der Waals surface area contributed by atoms with E-state index in [1.54, 1.807) is 0 Å². The van der Waals surface area contributed by atoms with Gasteiger partial charge in [-0.2, -0.15) is 0 Å². The lowest BCUT2D eigenvalue weighted by Crippen LogP contribution is -2.24. The van der Waals surface area contributed by atoms with Crippen LogP contribution in [-0.4, -0.2) is 22.8 Å². The molecule has 1 rings (SSSR count). The highest BCUT2D eigenvalue weighted by molar-refractivity contribution is 6.00. The Bertz CT molecular complexity index is 255. The fourth-order valence-electron chi connectivity index (χ4n) is 2.39. The number of nitrogens with zero attached hydrogens (tertiary/aromatic N) is 1. The van der Waals surface area contributed by atoms with Gasteiger partial charge in [-0.3, -0.25) is 9.79 Å². The van der Waals surface area contributed by atoms with Gasteiger partial charge in [0.2, 0.25) is 0 Å². The molecular formula is C13H23NO2. The predicted octanol–water partition coefficient (Wildman–Crippen LogP) is 3.28. The molecule has 1 atom stereocenters. The molecule has 92 valence electrons. The van der Waals surface area contributed by atoms with Crippen molar-refractivity contribution in [3.63, 3.8) is 0 Å². The van der Waals surface area contributed by atoms with Crippen LogP contribution in [0.5, 0.6) is 0 Å². The molecule has 1 aliphatic carbocycles. The van der Waals surface area contributed by atoms with Crippen LogP contribution < -0.4 is 0 Å². The zero-order chi connectivity index (χ0) is 12.0.